The quantitative estimate of drug-likeness (QED) is 0.861. The molecule has 0 N–H and O–H groups in total. The summed E-state index contributed by atoms with van der Waals surface area (Å²) in [4.78, 5) is 18.7. The maximum Gasteiger partial charge on any atom is 0.276 e. The highest BCUT2D eigenvalue weighted by atomic mass is 16.5. The van der Waals surface area contributed by atoms with E-state index in [9.17, 15) is 4.79 Å². The zero-order chi connectivity index (χ0) is 17.1. The molecule has 1 aliphatic heterocycles. The van der Waals surface area contributed by atoms with Crippen LogP contribution in [0.1, 0.15) is 40.5 Å². The van der Waals surface area contributed by atoms with Crippen LogP contribution >= 0.6 is 0 Å². The van der Waals surface area contributed by atoms with E-state index in [2.05, 4.69) is 11.9 Å². The number of aromatic nitrogens is 1. The molecule has 2 heterocycles. The summed E-state index contributed by atoms with van der Waals surface area (Å²) < 4.78 is 11.3. The van der Waals surface area contributed by atoms with Gasteiger partial charge in [0.2, 0.25) is 0 Å². The highest BCUT2D eigenvalue weighted by Gasteiger charge is 2.28. The van der Waals surface area contributed by atoms with Crippen LogP contribution in [0.25, 0.3) is 0 Å². The van der Waals surface area contributed by atoms with Crippen molar-refractivity contribution in [3.8, 4) is 5.75 Å². The number of ether oxygens (including phenoxy) is 1. The van der Waals surface area contributed by atoms with E-state index in [0.29, 0.717) is 36.4 Å². The number of hydrogen-bond donors (Lipinski definition) is 0. The van der Waals surface area contributed by atoms with E-state index in [4.69, 9.17) is 9.15 Å². The van der Waals surface area contributed by atoms with Crippen LogP contribution in [-0.2, 0) is 0 Å². The van der Waals surface area contributed by atoms with E-state index in [1.54, 1.807) is 13.8 Å². The van der Waals surface area contributed by atoms with Crippen molar-refractivity contribution in [2.75, 3.05) is 19.7 Å². The van der Waals surface area contributed by atoms with Crippen LogP contribution in [0.5, 0.6) is 5.75 Å². The first-order valence-electron chi connectivity index (χ1n) is 8.45. The summed E-state index contributed by atoms with van der Waals surface area (Å²) in [5, 5.41) is 0. The SMILES string of the molecule is Cc1ccc(OC[C@H]2CCCN(C(=O)c3nc(C)oc3C)C2)cc1. The second kappa shape index (κ2) is 7.07. The van der Waals surface area contributed by atoms with E-state index in [1.807, 2.05) is 29.2 Å². The predicted molar refractivity (Wildman–Crippen MR) is 91.3 cm³/mol. The number of carbonyl (C=O) groups is 1. The summed E-state index contributed by atoms with van der Waals surface area (Å²) in [6.07, 6.45) is 2.07. The van der Waals surface area contributed by atoms with Crippen molar-refractivity contribution in [1.82, 2.24) is 9.88 Å². The van der Waals surface area contributed by atoms with Crippen molar-refractivity contribution in [1.29, 1.82) is 0 Å². The molecule has 1 aliphatic rings. The molecule has 5 heteroatoms. The van der Waals surface area contributed by atoms with Gasteiger partial charge < -0.3 is 14.1 Å². The first kappa shape index (κ1) is 16.6. The molecule has 5 nitrogen and oxygen atoms in total. The Bertz CT molecular complexity index is 706. The molecule has 128 valence electrons. The van der Waals surface area contributed by atoms with Gasteiger partial charge in [-0.15, -0.1) is 0 Å². The third-order valence-electron chi connectivity index (χ3n) is 4.42. The minimum absolute atomic E-state index is 0.0376. The van der Waals surface area contributed by atoms with Gasteiger partial charge in [-0.3, -0.25) is 4.79 Å². The van der Waals surface area contributed by atoms with Crippen molar-refractivity contribution in [2.24, 2.45) is 5.92 Å². The van der Waals surface area contributed by atoms with Gasteiger partial charge in [0, 0.05) is 25.9 Å². The lowest BCUT2D eigenvalue weighted by Gasteiger charge is -2.32. The maximum atomic E-state index is 12.7. The number of benzene rings is 1. The Balaban J connectivity index is 1.58. The monoisotopic (exact) mass is 328 g/mol. The molecular weight excluding hydrogens is 304 g/mol. The Morgan fingerprint density at radius 2 is 2.04 bits per heavy atom. The Labute approximate surface area is 142 Å². The first-order valence-corrected chi connectivity index (χ1v) is 8.45. The number of carbonyl (C=O) groups excluding carboxylic acids is 1. The lowest BCUT2D eigenvalue weighted by Crippen LogP contribution is -2.42. The van der Waals surface area contributed by atoms with Gasteiger partial charge in [0.15, 0.2) is 11.6 Å². The van der Waals surface area contributed by atoms with E-state index in [0.717, 1.165) is 25.1 Å². The second-order valence-electron chi connectivity index (χ2n) is 6.52. The van der Waals surface area contributed by atoms with Crippen molar-refractivity contribution in [2.45, 2.75) is 33.6 Å². The highest BCUT2D eigenvalue weighted by molar-refractivity contribution is 5.93. The fourth-order valence-electron chi connectivity index (χ4n) is 3.11. The number of amides is 1. The van der Waals surface area contributed by atoms with E-state index in [1.165, 1.54) is 5.56 Å². The summed E-state index contributed by atoms with van der Waals surface area (Å²) >= 11 is 0. The number of aryl methyl sites for hydroxylation is 3. The van der Waals surface area contributed by atoms with E-state index >= 15 is 0 Å². The zero-order valence-corrected chi connectivity index (χ0v) is 14.5. The average Bonchev–Trinajstić information content (AvgIpc) is 2.92. The molecule has 1 saturated heterocycles. The number of likely N-dealkylation sites (tertiary alicyclic amines) is 1. The van der Waals surface area contributed by atoms with Crippen LogP contribution in [0.4, 0.5) is 0 Å². The molecule has 0 saturated carbocycles. The molecular formula is C19H24N2O3. The Kier molecular flexibility index (Phi) is 4.88. The molecule has 3 rings (SSSR count). The van der Waals surface area contributed by atoms with Gasteiger partial charge in [0.1, 0.15) is 11.5 Å². The smallest absolute Gasteiger partial charge is 0.276 e. The standard InChI is InChI=1S/C19H24N2O3/c1-13-6-8-17(9-7-13)23-12-16-5-4-10-21(11-16)19(22)18-14(2)24-15(3)20-18/h6-9,16H,4-5,10-12H2,1-3H3/t16-/m0/s1. The van der Waals surface area contributed by atoms with Crippen LogP contribution in [0, 0.1) is 26.7 Å². The van der Waals surface area contributed by atoms with Gasteiger partial charge >= 0.3 is 0 Å². The lowest BCUT2D eigenvalue weighted by atomic mass is 9.98. The van der Waals surface area contributed by atoms with Gasteiger partial charge in [-0.05, 0) is 38.8 Å². The molecule has 1 atom stereocenters. The molecule has 0 aliphatic carbocycles. The molecule has 2 aromatic rings. The predicted octanol–water partition coefficient (Wildman–Crippen LogP) is 3.53. The normalized spacial score (nSPS) is 17.8. The molecule has 1 amide bonds. The fraction of sp³-hybridized carbons (Fsp3) is 0.474. The lowest BCUT2D eigenvalue weighted by molar-refractivity contribution is 0.0626. The molecule has 1 aromatic carbocycles. The van der Waals surface area contributed by atoms with Crippen LogP contribution in [0.3, 0.4) is 0 Å². The Morgan fingerprint density at radius 3 is 2.71 bits per heavy atom. The first-order chi connectivity index (χ1) is 11.5. The number of nitrogens with zero attached hydrogens (tertiary/aromatic N) is 2. The Morgan fingerprint density at radius 1 is 1.29 bits per heavy atom. The largest absolute Gasteiger partial charge is 0.493 e. The van der Waals surface area contributed by atoms with E-state index in [-0.39, 0.29) is 5.91 Å². The topological polar surface area (TPSA) is 55.6 Å². The van der Waals surface area contributed by atoms with Gasteiger partial charge in [0.05, 0.1) is 6.61 Å². The fourth-order valence-corrected chi connectivity index (χ4v) is 3.11. The molecule has 24 heavy (non-hydrogen) atoms. The van der Waals surface area contributed by atoms with E-state index < -0.39 is 0 Å². The highest BCUT2D eigenvalue weighted by Crippen LogP contribution is 2.21. The average molecular weight is 328 g/mol. The number of hydrogen-bond acceptors (Lipinski definition) is 4. The summed E-state index contributed by atoms with van der Waals surface area (Å²) in [7, 11) is 0. The number of rotatable bonds is 4. The molecule has 0 unspecified atom stereocenters. The van der Waals surface area contributed by atoms with Gasteiger partial charge in [-0.2, -0.15) is 0 Å². The van der Waals surface area contributed by atoms with Crippen molar-refractivity contribution in [3.05, 3.63) is 47.2 Å². The van der Waals surface area contributed by atoms with Crippen molar-refractivity contribution in [3.63, 3.8) is 0 Å². The summed E-state index contributed by atoms with van der Waals surface area (Å²) in [5.41, 5.74) is 1.66. The van der Waals surface area contributed by atoms with Gasteiger partial charge in [0.25, 0.3) is 5.91 Å². The van der Waals surface area contributed by atoms with Crippen LogP contribution < -0.4 is 4.74 Å². The van der Waals surface area contributed by atoms with Gasteiger partial charge in [-0.25, -0.2) is 4.98 Å². The van der Waals surface area contributed by atoms with Gasteiger partial charge in [-0.1, -0.05) is 17.7 Å². The minimum Gasteiger partial charge on any atom is -0.493 e. The molecule has 0 radical (unpaired) electrons. The third kappa shape index (κ3) is 3.78. The van der Waals surface area contributed by atoms with Crippen LogP contribution in [0.15, 0.2) is 28.7 Å². The second-order valence-corrected chi connectivity index (χ2v) is 6.52. The summed E-state index contributed by atoms with van der Waals surface area (Å²) in [6.45, 7) is 7.71. The Hall–Kier alpha value is -2.30. The summed E-state index contributed by atoms with van der Waals surface area (Å²) in [6, 6.07) is 8.06. The van der Waals surface area contributed by atoms with Crippen LogP contribution in [-0.4, -0.2) is 35.5 Å². The molecule has 0 bridgehead atoms. The number of piperidine rings is 1. The minimum atomic E-state index is -0.0376. The molecule has 1 fully saturated rings. The number of oxazole rings is 1. The third-order valence-corrected chi connectivity index (χ3v) is 4.42. The van der Waals surface area contributed by atoms with Crippen molar-refractivity contribution >= 4 is 5.91 Å². The zero-order valence-electron chi connectivity index (χ0n) is 14.5. The molecule has 0 spiro atoms. The molecule has 1 aromatic heterocycles. The maximum absolute atomic E-state index is 12.7. The van der Waals surface area contributed by atoms with Crippen LogP contribution in [0.2, 0.25) is 0 Å². The summed E-state index contributed by atoms with van der Waals surface area (Å²) in [5.74, 6) is 2.32. The van der Waals surface area contributed by atoms with Crippen molar-refractivity contribution < 1.29 is 13.9 Å².